The smallest absolute Gasteiger partial charge is 0.238 e. The number of aryl methyl sites for hydroxylation is 2. The van der Waals surface area contributed by atoms with E-state index in [0.29, 0.717) is 12.6 Å². The molecule has 1 aromatic carbocycles. The van der Waals surface area contributed by atoms with Crippen molar-refractivity contribution in [1.82, 2.24) is 4.90 Å². The summed E-state index contributed by atoms with van der Waals surface area (Å²) >= 11 is 1.76. The maximum Gasteiger partial charge on any atom is 0.238 e. The summed E-state index contributed by atoms with van der Waals surface area (Å²) in [7, 11) is 0. The molecule has 1 fully saturated rings. The Hall–Kier alpha value is -1.65. The molecule has 3 nitrogen and oxygen atoms in total. The van der Waals surface area contributed by atoms with Crippen molar-refractivity contribution in [3.63, 3.8) is 0 Å². The third-order valence-corrected chi connectivity index (χ3v) is 4.88. The Morgan fingerprint density at radius 1 is 1.32 bits per heavy atom. The number of carbonyl (C=O) groups is 1. The normalized spacial score (nSPS) is 14.3. The number of hydrogen-bond acceptors (Lipinski definition) is 3. The van der Waals surface area contributed by atoms with Gasteiger partial charge in [0, 0.05) is 23.2 Å². The van der Waals surface area contributed by atoms with Crippen molar-refractivity contribution in [2.75, 3.05) is 11.9 Å². The number of thiophene rings is 1. The fraction of sp³-hybridized carbons (Fsp3) is 0.389. The van der Waals surface area contributed by atoms with Crippen molar-refractivity contribution >= 4 is 22.9 Å². The van der Waals surface area contributed by atoms with Crippen molar-refractivity contribution in [2.45, 2.75) is 39.3 Å². The van der Waals surface area contributed by atoms with Crippen molar-refractivity contribution in [3.05, 3.63) is 51.7 Å². The van der Waals surface area contributed by atoms with Crippen LogP contribution in [-0.4, -0.2) is 23.4 Å². The summed E-state index contributed by atoms with van der Waals surface area (Å²) in [6.45, 7) is 5.42. The van der Waals surface area contributed by atoms with Gasteiger partial charge in [0.15, 0.2) is 0 Å². The summed E-state index contributed by atoms with van der Waals surface area (Å²) < 4.78 is 0. The van der Waals surface area contributed by atoms with Gasteiger partial charge < -0.3 is 5.32 Å². The van der Waals surface area contributed by atoms with E-state index in [-0.39, 0.29) is 5.91 Å². The van der Waals surface area contributed by atoms with Crippen LogP contribution in [0.25, 0.3) is 0 Å². The molecule has 0 spiro atoms. The fourth-order valence-corrected chi connectivity index (χ4v) is 3.33. The minimum absolute atomic E-state index is 0.0807. The molecule has 1 aromatic heterocycles. The monoisotopic (exact) mass is 314 g/mol. The number of benzene rings is 1. The molecular formula is C18H22N2OS. The molecule has 1 aliphatic carbocycles. The first-order valence-electron chi connectivity index (χ1n) is 7.75. The molecule has 0 atom stereocenters. The molecule has 0 saturated heterocycles. The van der Waals surface area contributed by atoms with Crippen LogP contribution in [0.5, 0.6) is 0 Å². The van der Waals surface area contributed by atoms with E-state index in [1.165, 1.54) is 23.3 Å². The van der Waals surface area contributed by atoms with Gasteiger partial charge in [-0.05, 0) is 55.3 Å². The van der Waals surface area contributed by atoms with Gasteiger partial charge in [0.25, 0.3) is 0 Å². The second-order valence-corrected chi connectivity index (χ2v) is 7.11. The largest absolute Gasteiger partial charge is 0.325 e. The van der Waals surface area contributed by atoms with Gasteiger partial charge in [-0.15, -0.1) is 11.3 Å². The van der Waals surface area contributed by atoms with E-state index in [2.05, 4.69) is 39.9 Å². The number of rotatable bonds is 6. The summed E-state index contributed by atoms with van der Waals surface area (Å²) in [5.74, 6) is 0.0807. The highest BCUT2D eigenvalue weighted by atomic mass is 32.1. The predicted molar refractivity (Wildman–Crippen MR) is 92.3 cm³/mol. The third-order valence-electron chi connectivity index (χ3n) is 4.02. The maximum atomic E-state index is 12.4. The maximum absolute atomic E-state index is 12.4. The van der Waals surface area contributed by atoms with Crippen molar-refractivity contribution in [2.24, 2.45) is 0 Å². The zero-order valence-corrected chi connectivity index (χ0v) is 14.0. The molecule has 4 heteroatoms. The van der Waals surface area contributed by atoms with Gasteiger partial charge in [-0.1, -0.05) is 18.2 Å². The average Bonchev–Trinajstić information content (AvgIpc) is 3.20. The highest BCUT2D eigenvalue weighted by Crippen LogP contribution is 2.29. The van der Waals surface area contributed by atoms with Crippen LogP contribution in [0, 0.1) is 13.8 Å². The first kappa shape index (κ1) is 15.3. The summed E-state index contributed by atoms with van der Waals surface area (Å²) in [6, 6.07) is 10.9. The molecule has 1 amide bonds. The van der Waals surface area contributed by atoms with Crippen molar-refractivity contribution < 1.29 is 4.79 Å². The van der Waals surface area contributed by atoms with E-state index in [4.69, 9.17) is 0 Å². The van der Waals surface area contributed by atoms with E-state index in [1.807, 2.05) is 19.9 Å². The number of hydrogen-bond donors (Lipinski definition) is 1. The number of nitrogens with zero attached hydrogens (tertiary/aromatic N) is 1. The molecule has 2 aromatic rings. The molecule has 0 aliphatic heterocycles. The quantitative estimate of drug-likeness (QED) is 0.875. The van der Waals surface area contributed by atoms with E-state index in [9.17, 15) is 4.79 Å². The standard InChI is InChI=1S/C18H22N2OS/c1-13-5-6-14(2)17(10-13)19-18(21)12-20(15-7-8-15)11-16-4-3-9-22-16/h3-6,9-10,15H,7-8,11-12H2,1-2H3,(H,19,21). The molecule has 1 N–H and O–H groups in total. The van der Waals surface area contributed by atoms with Gasteiger partial charge in [0.2, 0.25) is 5.91 Å². The van der Waals surface area contributed by atoms with Crippen LogP contribution >= 0.6 is 11.3 Å². The Labute approximate surface area is 136 Å². The number of amides is 1. The Bertz CT molecular complexity index is 647. The van der Waals surface area contributed by atoms with Crippen LogP contribution in [0.2, 0.25) is 0 Å². The van der Waals surface area contributed by atoms with Crippen molar-refractivity contribution in [3.8, 4) is 0 Å². The Kier molecular flexibility index (Phi) is 4.60. The molecule has 1 aliphatic rings. The van der Waals surface area contributed by atoms with Gasteiger partial charge in [0.1, 0.15) is 0 Å². The minimum Gasteiger partial charge on any atom is -0.325 e. The lowest BCUT2D eigenvalue weighted by molar-refractivity contribution is -0.117. The fourth-order valence-electron chi connectivity index (χ4n) is 2.60. The van der Waals surface area contributed by atoms with E-state index < -0.39 is 0 Å². The topological polar surface area (TPSA) is 32.3 Å². The van der Waals surface area contributed by atoms with Gasteiger partial charge in [-0.2, -0.15) is 0 Å². The number of nitrogens with one attached hydrogen (secondary N) is 1. The Morgan fingerprint density at radius 2 is 2.14 bits per heavy atom. The molecule has 0 bridgehead atoms. The second kappa shape index (κ2) is 6.63. The lowest BCUT2D eigenvalue weighted by Crippen LogP contribution is -2.34. The van der Waals surface area contributed by atoms with E-state index in [0.717, 1.165) is 17.8 Å². The highest BCUT2D eigenvalue weighted by molar-refractivity contribution is 7.09. The summed E-state index contributed by atoms with van der Waals surface area (Å²) in [5.41, 5.74) is 3.20. The molecule has 22 heavy (non-hydrogen) atoms. The van der Waals surface area contributed by atoms with Crippen LogP contribution in [-0.2, 0) is 11.3 Å². The Balaban J connectivity index is 1.62. The summed E-state index contributed by atoms with van der Waals surface area (Å²) in [4.78, 5) is 16.0. The van der Waals surface area contributed by atoms with Crippen LogP contribution in [0.4, 0.5) is 5.69 Å². The van der Waals surface area contributed by atoms with Crippen LogP contribution in [0.3, 0.4) is 0 Å². The van der Waals surface area contributed by atoms with Gasteiger partial charge in [0.05, 0.1) is 6.54 Å². The zero-order chi connectivity index (χ0) is 15.5. The number of anilines is 1. The molecule has 0 radical (unpaired) electrons. The first-order valence-corrected chi connectivity index (χ1v) is 8.63. The lowest BCUT2D eigenvalue weighted by atomic mass is 10.1. The van der Waals surface area contributed by atoms with Crippen LogP contribution < -0.4 is 5.32 Å². The highest BCUT2D eigenvalue weighted by Gasteiger charge is 2.30. The van der Waals surface area contributed by atoms with E-state index in [1.54, 1.807) is 11.3 Å². The average molecular weight is 314 g/mol. The van der Waals surface area contributed by atoms with Gasteiger partial charge >= 0.3 is 0 Å². The van der Waals surface area contributed by atoms with Crippen LogP contribution in [0.1, 0.15) is 28.8 Å². The molecule has 0 unspecified atom stereocenters. The minimum atomic E-state index is 0.0807. The van der Waals surface area contributed by atoms with E-state index >= 15 is 0 Å². The van der Waals surface area contributed by atoms with Crippen LogP contribution in [0.15, 0.2) is 35.7 Å². The second-order valence-electron chi connectivity index (χ2n) is 6.08. The van der Waals surface area contributed by atoms with Gasteiger partial charge in [-0.25, -0.2) is 0 Å². The van der Waals surface area contributed by atoms with Crippen molar-refractivity contribution in [1.29, 1.82) is 0 Å². The van der Waals surface area contributed by atoms with Gasteiger partial charge in [-0.3, -0.25) is 9.69 Å². The summed E-state index contributed by atoms with van der Waals surface area (Å²) in [6.07, 6.45) is 2.42. The lowest BCUT2D eigenvalue weighted by Gasteiger charge is -2.21. The SMILES string of the molecule is Cc1ccc(C)c(NC(=O)CN(Cc2cccs2)C2CC2)c1. The molecule has 1 heterocycles. The Morgan fingerprint density at radius 3 is 2.82 bits per heavy atom. The molecular weight excluding hydrogens is 292 g/mol. The predicted octanol–water partition coefficient (Wildman–Crippen LogP) is 3.97. The zero-order valence-electron chi connectivity index (χ0n) is 13.1. The molecule has 1 saturated carbocycles. The first-order chi connectivity index (χ1) is 10.6. The molecule has 116 valence electrons. The number of carbonyl (C=O) groups excluding carboxylic acids is 1. The summed E-state index contributed by atoms with van der Waals surface area (Å²) in [5, 5.41) is 5.16. The molecule has 3 rings (SSSR count). The third kappa shape index (κ3) is 3.96.